The third-order valence-electron chi connectivity index (χ3n) is 3.55. The van der Waals surface area contributed by atoms with E-state index in [1.54, 1.807) is 11.3 Å². The molecule has 112 valence electrons. The van der Waals surface area contributed by atoms with Crippen LogP contribution in [-0.4, -0.2) is 27.6 Å². The van der Waals surface area contributed by atoms with Gasteiger partial charge in [-0.15, -0.1) is 11.3 Å². The van der Waals surface area contributed by atoms with Gasteiger partial charge in [0.25, 0.3) is 0 Å². The van der Waals surface area contributed by atoms with E-state index in [4.69, 9.17) is 4.52 Å². The molecule has 0 radical (unpaired) electrons. The molecule has 2 aromatic rings. The Morgan fingerprint density at radius 3 is 3.05 bits per heavy atom. The minimum atomic E-state index is -0.0700. The highest BCUT2D eigenvalue weighted by Crippen LogP contribution is 2.32. The molecule has 0 aliphatic carbocycles. The van der Waals surface area contributed by atoms with Gasteiger partial charge in [-0.1, -0.05) is 5.16 Å². The van der Waals surface area contributed by atoms with Crippen LogP contribution in [-0.2, 0) is 6.54 Å². The lowest BCUT2D eigenvalue weighted by Gasteiger charge is -2.22. The van der Waals surface area contributed by atoms with Crippen LogP contribution in [0.15, 0.2) is 16.0 Å². The summed E-state index contributed by atoms with van der Waals surface area (Å²) in [5, 5.41) is 9.75. The van der Waals surface area contributed by atoms with Crippen molar-refractivity contribution in [2.75, 3.05) is 6.54 Å². The van der Waals surface area contributed by atoms with Gasteiger partial charge in [-0.3, -0.25) is 0 Å². The Bertz CT molecular complexity index is 636. The van der Waals surface area contributed by atoms with E-state index in [0.717, 1.165) is 41.5 Å². The second kappa shape index (κ2) is 5.85. The van der Waals surface area contributed by atoms with E-state index in [1.165, 1.54) is 0 Å². The van der Waals surface area contributed by atoms with Crippen LogP contribution in [0.4, 0.5) is 4.79 Å². The molecule has 1 N–H and O–H groups in total. The molecule has 21 heavy (non-hydrogen) atoms. The lowest BCUT2D eigenvalue weighted by atomic mass is 10.1. The molecule has 7 heteroatoms. The zero-order chi connectivity index (χ0) is 14.8. The number of amides is 2. The molecule has 1 aliphatic heterocycles. The quantitative estimate of drug-likeness (QED) is 0.946. The molecule has 1 saturated heterocycles. The number of carbonyl (C=O) groups is 1. The van der Waals surface area contributed by atoms with E-state index in [9.17, 15) is 4.79 Å². The predicted octanol–water partition coefficient (Wildman–Crippen LogP) is 2.79. The lowest BCUT2D eigenvalue weighted by molar-refractivity contribution is 0.182. The molecule has 0 spiro atoms. The smallest absolute Gasteiger partial charge is 0.318 e. The van der Waals surface area contributed by atoms with Crippen molar-refractivity contribution in [1.82, 2.24) is 20.4 Å². The van der Waals surface area contributed by atoms with E-state index in [0.29, 0.717) is 6.54 Å². The second-order valence-corrected chi connectivity index (χ2v) is 6.21. The largest absolute Gasteiger partial charge is 0.359 e. The monoisotopic (exact) mass is 306 g/mol. The van der Waals surface area contributed by atoms with Gasteiger partial charge in [-0.05, 0) is 26.7 Å². The standard InChI is InChI=1S/C14H18N4O2S/c1-9-6-12(20-17-9)11-4-3-5-18(11)14(19)15-7-13-16-10(2)8-21-13/h6,8,11H,3-5,7H2,1-2H3,(H,15,19). The normalized spacial score (nSPS) is 18.2. The van der Waals surface area contributed by atoms with Gasteiger partial charge < -0.3 is 14.7 Å². The molecule has 2 amide bonds. The van der Waals surface area contributed by atoms with Crippen molar-refractivity contribution in [1.29, 1.82) is 0 Å². The summed E-state index contributed by atoms with van der Waals surface area (Å²) in [5.74, 6) is 0.769. The molecule has 0 saturated carbocycles. The van der Waals surface area contributed by atoms with Crippen molar-refractivity contribution >= 4 is 17.4 Å². The summed E-state index contributed by atoms with van der Waals surface area (Å²) in [6, 6.07) is 1.82. The Kier molecular flexibility index (Phi) is 3.92. The van der Waals surface area contributed by atoms with Crippen LogP contribution in [0, 0.1) is 13.8 Å². The number of nitrogens with one attached hydrogen (secondary N) is 1. The highest BCUT2D eigenvalue weighted by Gasteiger charge is 2.32. The molecule has 3 rings (SSSR count). The summed E-state index contributed by atoms with van der Waals surface area (Å²) < 4.78 is 5.31. The van der Waals surface area contributed by atoms with Crippen LogP contribution in [0.5, 0.6) is 0 Å². The average Bonchev–Trinajstić information content (AvgIpc) is 3.16. The summed E-state index contributed by atoms with van der Waals surface area (Å²) in [6.07, 6.45) is 1.90. The first-order chi connectivity index (χ1) is 10.1. The minimum absolute atomic E-state index is 0.00997. The van der Waals surface area contributed by atoms with Crippen LogP contribution in [0.3, 0.4) is 0 Å². The number of rotatable bonds is 3. The topological polar surface area (TPSA) is 71.3 Å². The number of likely N-dealkylation sites (tertiary alicyclic amines) is 1. The Hall–Kier alpha value is -1.89. The first kappa shape index (κ1) is 14.1. The fourth-order valence-corrected chi connectivity index (χ4v) is 3.29. The fraction of sp³-hybridized carbons (Fsp3) is 0.500. The molecule has 0 bridgehead atoms. The molecule has 6 nitrogen and oxygen atoms in total. The van der Waals surface area contributed by atoms with Crippen molar-refractivity contribution in [2.45, 2.75) is 39.3 Å². The minimum Gasteiger partial charge on any atom is -0.359 e. The maximum Gasteiger partial charge on any atom is 0.318 e. The first-order valence-electron chi connectivity index (χ1n) is 7.02. The maximum atomic E-state index is 12.3. The van der Waals surface area contributed by atoms with E-state index in [-0.39, 0.29) is 12.1 Å². The number of hydrogen-bond donors (Lipinski definition) is 1. The zero-order valence-electron chi connectivity index (χ0n) is 12.1. The fourth-order valence-electron chi connectivity index (χ4n) is 2.58. The van der Waals surface area contributed by atoms with Crippen LogP contribution in [0.2, 0.25) is 0 Å². The van der Waals surface area contributed by atoms with Gasteiger partial charge in [-0.2, -0.15) is 0 Å². The number of thiazole rings is 1. The van der Waals surface area contributed by atoms with Crippen molar-refractivity contribution in [2.24, 2.45) is 0 Å². The van der Waals surface area contributed by atoms with Crippen LogP contribution < -0.4 is 5.32 Å². The summed E-state index contributed by atoms with van der Waals surface area (Å²) in [5.41, 5.74) is 1.83. The number of hydrogen-bond acceptors (Lipinski definition) is 5. The molecule has 1 atom stereocenters. The van der Waals surface area contributed by atoms with E-state index in [2.05, 4.69) is 15.5 Å². The van der Waals surface area contributed by atoms with Crippen LogP contribution >= 0.6 is 11.3 Å². The van der Waals surface area contributed by atoms with E-state index < -0.39 is 0 Å². The summed E-state index contributed by atoms with van der Waals surface area (Å²) in [7, 11) is 0. The van der Waals surface area contributed by atoms with Crippen molar-refractivity contribution in [3.05, 3.63) is 33.6 Å². The van der Waals surface area contributed by atoms with Gasteiger partial charge in [0.1, 0.15) is 5.01 Å². The highest BCUT2D eigenvalue weighted by atomic mass is 32.1. The molecular formula is C14H18N4O2S. The molecule has 0 aromatic carbocycles. The predicted molar refractivity (Wildman–Crippen MR) is 79.0 cm³/mol. The number of urea groups is 1. The number of aryl methyl sites for hydroxylation is 2. The van der Waals surface area contributed by atoms with Crippen molar-refractivity contribution < 1.29 is 9.32 Å². The van der Waals surface area contributed by atoms with E-state index in [1.807, 2.05) is 30.2 Å². The summed E-state index contributed by atoms with van der Waals surface area (Å²) in [4.78, 5) is 18.5. The molecule has 3 heterocycles. The third kappa shape index (κ3) is 3.07. The van der Waals surface area contributed by atoms with Crippen molar-refractivity contribution in [3.63, 3.8) is 0 Å². The Morgan fingerprint density at radius 2 is 2.38 bits per heavy atom. The second-order valence-electron chi connectivity index (χ2n) is 5.26. The average molecular weight is 306 g/mol. The van der Waals surface area contributed by atoms with Gasteiger partial charge in [0.2, 0.25) is 0 Å². The maximum absolute atomic E-state index is 12.3. The van der Waals surface area contributed by atoms with Crippen LogP contribution in [0.25, 0.3) is 0 Å². The number of nitrogens with zero attached hydrogens (tertiary/aromatic N) is 3. The number of carbonyl (C=O) groups excluding carboxylic acids is 1. The van der Waals surface area contributed by atoms with Gasteiger partial charge in [0.15, 0.2) is 5.76 Å². The molecule has 1 unspecified atom stereocenters. The van der Waals surface area contributed by atoms with Crippen molar-refractivity contribution in [3.8, 4) is 0 Å². The zero-order valence-corrected chi connectivity index (χ0v) is 12.9. The molecule has 1 fully saturated rings. The summed E-state index contributed by atoms with van der Waals surface area (Å²) >= 11 is 1.56. The SMILES string of the molecule is Cc1cc(C2CCCN2C(=O)NCc2nc(C)cs2)on1. The summed E-state index contributed by atoms with van der Waals surface area (Å²) in [6.45, 7) is 5.05. The Labute approximate surface area is 127 Å². The van der Waals surface area contributed by atoms with Crippen LogP contribution in [0.1, 0.15) is 41.0 Å². The molecule has 1 aliphatic rings. The highest BCUT2D eigenvalue weighted by molar-refractivity contribution is 7.09. The molecule has 2 aromatic heterocycles. The Balaban J connectivity index is 1.63. The van der Waals surface area contributed by atoms with Gasteiger partial charge >= 0.3 is 6.03 Å². The third-order valence-corrected chi connectivity index (χ3v) is 4.51. The van der Waals surface area contributed by atoms with Gasteiger partial charge in [0.05, 0.1) is 18.3 Å². The van der Waals surface area contributed by atoms with E-state index >= 15 is 0 Å². The molecular weight excluding hydrogens is 288 g/mol. The Morgan fingerprint density at radius 1 is 1.52 bits per heavy atom. The first-order valence-corrected chi connectivity index (χ1v) is 7.90. The number of aromatic nitrogens is 2. The van der Waals surface area contributed by atoms with Gasteiger partial charge in [-0.25, -0.2) is 9.78 Å². The van der Waals surface area contributed by atoms with Gasteiger partial charge in [0, 0.05) is 23.7 Å². The lowest BCUT2D eigenvalue weighted by Crippen LogP contribution is -2.39.